The van der Waals surface area contributed by atoms with E-state index in [1.54, 1.807) is 0 Å². The molecule has 0 saturated carbocycles. The highest BCUT2D eigenvalue weighted by Gasteiger charge is 2.36. The SMILES string of the molecule is CC1(C)c2ccccc2-c2ccc(N(c3ccc(-c4ccc(-c5ccccc5)cc4)cc3)c3c4ccccc4cc4oc5cc(-c6nc7ccccc7o6)ccc5c34)cc21. The molecule has 0 amide bonds. The minimum Gasteiger partial charge on any atom is -0.456 e. The first-order valence-electron chi connectivity index (χ1n) is 20.5. The van der Waals surface area contributed by atoms with Crippen LogP contribution in [-0.2, 0) is 5.41 Å². The van der Waals surface area contributed by atoms with Gasteiger partial charge in [0, 0.05) is 33.1 Å². The summed E-state index contributed by atoms with van der Waals surface area (Å²) in [5, 5.41) is 4.32. The molecular weight excluding hydrogens is 733 g/mol. The molecule has 0 saturated heterocycles. The number of para-hydroxylation sites is 2. The van der Waals surface area contributed by atoms with Gasteiger partial charge in [-0.15, -0.1) is 0 Å². The van der Waals surface area contributed by atoms with E-state index in [0.717, 1.165) is 72.0 Å². The van der Waals surface area contributed by atoms with Gasteiger partial charge < -0.3 is 13.7 Å². The maximum absolute atomic E-state index is 6.83. The Bertz CT molecular complexity index is 3410. The molecule has 4 heteroatoms. The lowest BCUT2D eigenvalue weighted by Gasteiger charge is -2.30. The maximum atomic E-state index is 6.83. The monoisotopic (exact) mass is 770 g/mol. The van der Waals surface area contributed by atoms with Gasteiger partial charge in [0.2, 0.25) is 5.89 Å². The number of oxazole rings is 1. The molecule has 11 aromatic rings. The Hall–Kier alpha value is -7.69. The van der Waals surface area contributed by atoms with E-state index in [2.05, 4.69) is 189 Å². The molecule has 60 heavy (non-hydrogen) atoms. The number of rotatable bonds is 6. The molecule has 0 spiro atoms. The van der Waals surface area contributed by atoms with Gasteiger partial charge in [0.25, 0.3) is 0 Å². The lowest BCUT2D eigenvalue weighted by molar-refractivity contribution is 0.619. The molecular formula is C56H38N2O2. The molecule has 2 heterocycles. The smallest absolute Gasteiger partial charge is 0.227 e. The van der Waals surface area contributed by atoms with Gasteiger partial charge in [-0.1, -0.05) is 147 Å². The minimum absolute atomic E-state index is 0.166. The number of hydrogen-bond acceptors (Lipinski definition) is 4. The summed E-state index contributed by atoms with van der Waals surface area (Å²) in [4.78, 5) is 7.24. The van der Waals surface area contributed by atoms with Crippen molar-refractivity contribution in [1.29, 1.82) is 0 Å². The number of hydrogen-bond donors (Lipinski definition) is 0. The highest BCUT2D eigenvalue weighted by atomic mass is 16.3. The Morgan fingerprint density at radius 1 is 0.433 bits per heavy atom. The van der Waals surface area contributed by atoms with Crippen molar-refractivity contribution in [2.45, 2.75) is 19.3 Å². The highest BCUT2D eigenvalue weighted by Crippen LogP contribution is 2.53. The predicted octanol–water partition coefficient (Wildman–Crippen LogP) is 15.7. The quantitative estimate of drug-likeness (QED) is 0.169. The lowest BCUT2D eigenvalue weighted by Crippen LogP contribution is -2.16. The van der Waals surface area contributed by atoms with Crippen LogP contribution < -0.4 is 4.90 Å². The second-order valence-electron chi connectivity index (χ2n) is 16.3. The number of fused-ring (bicyclic) bond motifs is 8. The maximum Gasteiger partial charge on any atom is 0.227 e. The largest absolute Gasteiger partial charge is 0.456 e. The third-order valence-corrected chi connectivity index (χ3v) is 12.5. The van der Waals surface area contributed by atoms with Crippen LogP contribution in [0.25, 0.3) is 88.6 Å². The van der Waals surface area contributed by atoms with Crippen molar-refractivity contribution in [3.8, 4) is 44.8 Å². The molecule has 2 aromatic heterocycles. The zero-order chi connectivity index (χ0) is 40.0. The first kappa shape index (κ1) is 34.4. The molecule has 0 atom stereocenters. The Morgan fingerprint density at radius 2 is 1.07 bits per heavy atom. The summed E-state index contributed by atoms with van der Waals surface area (Å²) in [6.07, 6.45) is 0. The normalized spacial score (nSPS) is 13.0. The fraction of sp³-hybridized carbons (Fsp3) is 0.0536. The van der Waals surface area contributed by atoms with Crippen molar-refractivity contribution in [3.63, 3.8) is 0 Å². The van der Waals surface area contributed by atoms with Crippen LogP contribution in [0.3, 0.4) is 0 Å². The molecule has 9 aromatic carbocycles. The van der Waals surface area contributed by atoms with Gasteiger partial charge in [0.05, 0.1) is 11.1 Å². The third kappa shape index (κ3) is 5.34. The summed E-state index contributed by atoms with van der Waals surface area (Å²) in [5.41, 5.74) is 17.1. The molecule has 0 bridgehead atoms. The van der Waals surface area contributed by atoms with Crippen molar-refractivity contribution >= 4 is 60.9 Å². The van der Waals surface area contributed by atoms with Gasteiger partial charge in [-0.2, -0.15) is 0 Å². The van der Waals surface area contributed by atoms with Crippen LogP contribution in [0.2, 0.25) is 0 Å². The molecule has 0 unspecified atom stereocenters. The summed E-state index contributed by atoms with van der Waals surface area (Å²) < 4.78 is 13.0. The Morgan fingerprint density at radius 3 is 1.87 bits per heavy atom. The minimum atomic E-state index is -0.166. The Balaban J connectivity index is 1.06. The van der Waals surface area contributed by atoms with Gasteiger partial charge in [-0.3, -0.25) is 0 Å². The van der Waals surface area contributed by atoms with Crippen LogP contribution >= 0.6 is 0 Å². The summed E-state index contributed by atoms with van der Waals surface area (Å²) >= 11 is 0. The van der Waals surface area contributed by atoms with E-state index in [0.29, 0.717) is 5.89 Å². The first-order valence-corrected chi connectivity index (χ1v) is 20.5. The fourth-order valence-corrected chi connectivity index (χ4v) is 9.46. The van der Waals surface area contributed by atoms with Crippen molar-refractivity contribution < 1.29 is 8.83 Å². The standard InChI is InChI=1S/C56H38N2O2/c1-56(2)47-17-9-8-16-44(47)45-31-29-42(34-48(45)56)58(41-27-24-38(25-28-41)37-22-20-36(21-23-37)35-12-4-3-5-13-35)54-43-15-7-6-14-39(43)32-52-53(54)46-30-26-40(33-51(46)59-52)55-57-49-18-10-11-19-50(49)60-55/h3-34H,1-2H3. The van der Waals surface area contributed by atoms with Crippen molar-refractivity contribution in [2.24, 2.45) is 0 Å². The second kappa shape index (κ2) is 13.2. The molecule has 4 nitrogen and oxygen atoms in total. The van der Waals surface area contributed by atoms with E-state index in [9.17, 15) is 0 Å². The zero-order valence-electron chi connectivity index (χ0n) is 33.2. The molecule has 1 aliphatic rings. The second-order valence-corrected chi connectivity index (χ2v) is 16.3. The van der Waals surface area contributed by atoms with E-state index >= 15 is 0 Å². The van der Waals surface area contributed by atoms with Crippen LogP contribution in [0.1, 0.15) is 25.0 Å². The van der Waals surface area contributed by atoms with Crippen LogP contribution in [0.5, 0.6) is 0 Å². The van der Waals surface area contributed by atoms with E-state index < -0.39 is 0 Å². The summed E-state index contributed by atoms with van der Waals surface area (Å²) in [5.74, 6) is 0.571. The van der Waals surface area contributed by atoms with Gasteiger partial charge in [-0.05, 0) is 111 Å². The van der Waals surface area contributed by atoms with Crippen LogP contribution in [0.15, 0.2) is 203 Å². The van der Waals surface area contributed by atoms with Gasteiger partial charge >= 0.3 is 0 Å². The van der Waals surface area contributed by atoms with Crippen LogP contribution in [0.4, 0.5) is 17.1 Å². The topological polar surface area (TPSA) is 42.4 Å². The van der Waals surface area contributed by atoms with Gasteiger partial charge in [-0.25, -0.2) is 4.98 Å². The summed E-state index contributed by atoms with van der Waals surface area (Å²) in [7, 11) is 0. The number of aromatic nitrogens is 1. The molecule has 0 aliphatic heterocycles. The zero-order valence-corrected chi connectivity index (χ0v) is 33.2. The number of furan rings is 1. The van der Waals surface area contributed by atoms with Crippen molar-refractivity contribution in [1.82, 2.24) is 4.98 Å². The van der Waals surface area contributed by atoms with Gasteiger partial charge in [0.15, 0.2) is 5.58 Å². The third-order valence-electron chi connectivity index (χ3n) is 12.5. The van der Waals surface area contributed by atoms with Crippen LogP contribution in [-0.4, -0.2) is 4.98 Å². The molecule has 0 N–H and O–H groups in total. The van der Waals surface area contributed by atoms with E-state index in [1.165, 1.54) is 38.9 Å². The Labute approximate surface area is 347 Å². The van der Waals surface area contributed by atoms with Gasteiger partial charge in [0.1, 0.15) is 16.7 Å². The molecule has 0 fully saturated rings. The fourth-order valence-electron chi connectivity index (χ4n) is 9.46. The number of anilines is 3. The number of benzene rings is 9. The molecule has 12 rings (SSSR count). The average Bonchev–Trinajstić information content (AvgIpc) is 3.97. The molecule has 1 aliphatic carbocycles. The average molecular weight is 771 g/mol. The predicted molar refractivity (Wildman–Crippen MR) is 247 cm³/mol. The highest BCUT2D eigenvalue weighted by molar-refractivity contribution is 6.22. The van der Waals surface area contributed by atoms with E-state index in [-0.39, 0.29) is 5.41 Å². The van der Waals surface area contributed by atoms with Crippen LogP contribution in [0, 0.1) is 0 Å². The number of nitrogens with zero attached hydrogens (tertiary/aromatic N) is 2. The summed E-state index contributed by atoms with van der Waals surface area (Å²) in [6, 6.07) is 69.3. The van der Waals surface area contributed by atoms with E-state index in [1.807, 2.05) is 24.3 Å². The lowest BCUT2D eigenvalue weighted by atomic mass is 9.82. The summed E-state index contributed by atoms with van der Waals surface area (Å²) in [6.45, 7) is 4.69. The first-order chi connectivity index (χ1) is 29.5. The Kier molecular flexibility index (Phi) is 7.54. The molecule has 284 valence electrons. The molecule has 0 radical (unpaired) electrons. The van der Waals surface area contributed by atoms with Crippen molar-refractivity contribution in [3.05, 3.63) is 205 Å². The van der Waals surface area contributed by atoms with E-state index in [4.69, 9.17) is 13.8 Å². The van der Waals surface area contributed by atoms with Crippen molar-refractivity contribution in [2.75, 3.05) is 4.90 Å².